The minimum atomic E-state index is -3.98. The van der Waals surface area contributed by atoms with Crippen LogP contribution in [0.25, 0.3) is 0 Å². The minimum Gasteiger partial charge on any atom is -0.324 e. The number of carbonyl (C=O) groups is 1. The lowest BCUT2D eigenvalue weighted by Crippen LogP contribution is -2.37. The summed E-state index contributed by atoms with van der Waals surface area (Å²) in [7, 11) is -3.98. The number of nitrogens with zero attached hydrogens (tertiary/aromatic N) is 1. The summed E-state index contributed by atoms with van der Waals surface area (Å²) in [5.41, 5.74) is 3.22. The Bertz CT molecular complexity index is 1270. The van der Waals surface area contributed by atoms with Crippen molar-refractivity contribution in [3.63, 3.8) is 0 Å². The van der Waals surface area contributed by atoms with E-state index in [-0.39, 0.29) is 18.0 Å². The number of carbonyl (C=O) groups excluding carboxylic acids is 1. The highest BCUT2D eigenvalue weighted by atomic mass is 79.9. The van der Waals surface area contributed by atoms with Crippen LogP contribution in [0.1, 0.15) is 23.6 Å². The van der Waals surface area contributed by atoms with Crippen LogP contribution in [0.5, 0.6) is 0 Å². The molecule has 0 atom stereocenters. The molecule has 9 heteroatoms. The molecule has 0 aliphatic heterocycles. The van der Waals surface area contributed by atoms with Gasteiger partial charge in [-0.3, -0.25) is 4.79 Å². The Morgan fingerprint density at radius 2 is 1.73 bits per heavy atom. The summed E-state index contributed by atoms with van der Waals surface area (Å²) in [6.07, 6.45) is 0.738. The van der Waals surface area contributed by atoms with Crippen molar-refractivity contribution >= 4 is 60.7 Å². The maximum Gasteiger partial charge on any atom is 0.243 e. The van der Waals surface area contributed by atoms with E-state index < -0.39 is 15.9 Å². The molecule has 0 unspecified atom stereocenters. The van der Waals surface area contributed by atoms with E-state index in [2.05, 4.69) is 21.2 Å². The summed E-state index contributed by atoms with van der Waals surface area (Å²) in [5, 5.41) is 3.58. The lowest BCUT2D eigenvalue weighted by atomic mass is 10.1. The fraction of sp³-hybridized carbons (Fsp3) is 0.208. The van der Waals surface area contributed by atoms with Crippen molar-refractivity contribution in [2.45, 2.75) is 31.7 Å². The lowest BCUT2D eigenvalue weighted by molar-refractivity contribution is -0.116. The summed E-state index contributed by atoms with van der Waals surface area (Å²) in [6.45, 7) is 3.49. The Hall–Kier alpha value is -1.90. The van der Waals surface area contributed by atoms with Gasteiger partial charge in [-0.15, -0.1) is 0 Å². The smallest absolute Gasteiger partial charge is 0.243 e. The van der Waals surface area contributed by atoms with Gasteiger partial charge in [0.1, 0.15) is 0 Å². The van der Waals surface area contributed by atoms with Gasteiger partial charge in [-0.05, 0) is 66.4 Å². The number of sulfonamides is 1. The first-order valence-electron chi connectivity index (χ1n) is 10.2. The predicted octanol–water partition coefficient (Wildman–Crippen LogP) is 6.46. The number of hydrogen-bond donors (Lipinski definition) is 1. The molecule has 0 spiro atoms. The number of hydrogen-bond acceptors (Lipinski definition) is 3. The maximum absolute atomic E-state index is 13.4. The number of rotatable bonds is 8. The quantitative estimate of drug-likeness (QED) is 0.339. The van der Waals surface area contributed by atoms with E-state index in [0.717, 1.165) is 26.3 Å². The summed E-state index contributed by atoms with van der Waals surface area (Å²) < 4.78 is 28.8. The Morgan fingerprint density at radius 3 is 2.36 bits per heavy atom. The molecule has 3 aromatic carbocycles. The molecule has 33 heavy (non-hydrogen) atoms. The molecule has 0 saturated carbocycles. The zero-order chi connectivity index (χ0) is 24.2. The van der Waals surface area contributed by atoms with Crippen LogP contribution in [0.2, 0.25) is 10.0 Å². The van der Waals surface area contributed by atoms with Crippen molar-refractivity contribution in [3.05, 3.63) is 91.9 Å². The Kier molecular flexibility index (Phi) is 8.59. The monoisotopic (exact) mass is 568 g/mol. The normalized spacial score (nSPS) is 11.6. The number of nitrogens with one attached hydrogen (secondary N) is 1. The van der Waals surface area contributed by atoms with Gasteiger partial charge in [0.2, 0.25) is 15.9 Å². The van der Waals surface area contributed by atoms with E-state index in [1.54, 1.807) is 30.3 Å². The molecule has 1 N–H and O–H groups in total. The highest BCUT2D eigenvalue weighted by Crippen LogP contribution is 2.26. The van der Waals surface area contributed by atoms with Gasteiger partial charge in [0, 0.05) is 16.7 Å². The van der Waals surface area contributed by atoms with Crippen molar-refractivity contribution in [1.82, 2.24) is 4.31 Å². The SMILES string of the molecule is CCc1cccc(C)c1NC(=O)CN(Cc1ccc(Cl)c(Cl)c1)S(=O)(=O)c1ccc(Br)cc1. The van der Waals surface area contributed by atoms with E-state index in [4.69, 9.17) is 23.2 Å². The van der Waals surface area contributed by atoms with E-state index in [0.29, 0.717) is 21.3 Å². The van der Waals surface area contributed by atoms with E-state index in [1.807, 2.05) is 32.0 Å². The molecular weight excluding hydrogens is 547 g/mol. The Morgan fingerprint density at radius 1 is 1.03 bits per heavy atom. The molecule has 0 aliphatic rings. The summed E-state index contributed by atoms with van der Waals surface area (Å²) in [5.74, 6) is -0.431. The van der Waals surface area contributed by atoms with Gasteiger partial charge < -0.3 is 5.32 Å². The molecule has 1 amide bonds. The number of benzene rings is 3. The molecule has 3 aromatic rings. The van der Waals surface area contributed by atoms with E-state index in [9.17, 15) is 13.2 Å². The molecule has 5 nitrogen and oxygen atoms in total. The second kappa shape index (κ2) is 11.0. The van der Waals surface area contributed by atoms with Crippen molar-refractivity contribution < 1.29 is 13.2 Å². The second-order valence-corrected chi connectivity index (χ2v) is 11.2. The molecule has 3 rings (SSSR count). The van der Waals surface area contributed by atoms with Crippen LogP contribution in [0.4, 0.5) is 5.69 Å². The molecule has 0 aliphatic carbocycles. The Labute approximate surface area is 212 Å². The molecule has 0 saturated heterocycles. The van der Waals surface area contributed by atoms with Crippen molar-refractivity contribution in [2.75, 3.05) is 11.9 Å². The van der Waals surface area contributed by atoms with E-state index >= 15 is 0 Å². The topological polar surface area (TPSA) is 66.5 Å². The number of para-hydroxylation sites is 1. The van der Waals surface area contributed by atoms with Crippen LogP contribution in [0.3, 0.4) is 0 Å². The van der Waals surface area contributed by atoms with Crippen molar-refractivity contribution in [1.29, 1.82) is 0 Å². The third-order valence-corrected chi connectivity index (χ3v) is 8.19. The Balaban J connectivity index is 1.93. The predicted molar refractivity (Wildman–Crippen MR) is 137 cm³/mol. The third kappa shape index (κ3) is 6.37. The summed E-state index contributed by atoms with van der Waals surface area (Å²) in [6, 6.07) is 16.9. The fourth-order valence-corrected chi connectivity index (χ4v) is 5.33. The molecular formula is C24H23BrCl2N2O3S. The zero-order valence-electron chi connectivity index (χ0n) is 18.1. The number of amides is 1. The van der Waals surface area contributed by atoms with Gasteiger partial charge in [-0.25, -0.2) is 8.42 Å². The van der Waals surface area contributed by atoms with Gasteiger partial charge in [0.05, 0.1) is 21.5 Å². The first-order valence-corrected chi connectivity index (χ1v) is 13.2. The molecule has 174 valence electrons. The standard InChI is InChI=1S/C24H23BrCl2N2O3S/c1-3-18-6-4-5-16(2)24(18)28-23(30)15-29(14-17-7-12-21(26)22(27)13-17)33(31,32)20-10-8-19(25)9-11-20/h4-13H,3,14-15H2,1-2H3,(H,28,30). The van der Waals surface area contributed by atoms with Gasteiger partial charge in [-0.2, -0.15) is 4.31 Å². The van der Waals surface area contributed by atoms with Gasteiger partial charge >= 0.3 is 0 Å². The molecule has 0 aromatic heterocycles. The van der Waals surface area contributed by atoms with Gasteiger partial charge in [0.25, 0.3) is 0 Å². The molecule has 0 heterocycles. The van der Waals surface area contributed by atoms with Crippen LogP contribution >= 0.6 is 39.1 Å². The van der Waals surface area contributed by atoms with Gasteiger partial charge in [-0.1, -0.05) is 70.3 Å². The van der Waals surface area contributed by atoms with Crippen molar-refractivity contribution in [3.8, 4) is 0 Å². The van der Waals surface area contributed by atoms with Crippen LogP contribution in [0.15, 0.2) is 70.0 Å². The number of aryl methyl sites for hydroxylation is 2. The van der Waals surface area contributed by atoms with Gasteiger partial charge in [0.15, 0.2) is 0 Å². The molecule has 0 fully saturated rings. The van der Waals surface area contributed by atoms with Crippen LogP contribution in [-0.4, -0.2) is 25.2 Å². The van der Waals surface area contributed by atoms with E-state index in [1.165, 1.54) is 12.1 Å². The molecule has 0 bridgehead atoms. The second-order valence-electron chi connectivity index (χ2n) is 7.49. The van der Waals surface area contributed by atoms with Crippen LogP contribution < -0.4 is 5.32 Å². The largest absolute Gasteiger partial charge is 0.324 e. The maximum atomic E-state index is 13.4. The number of anilines is 1. The average Bonchev–Trinajstić information content (AvgIpc) is 2.77. The highest BCUT2D eigenvalue weighted by Gasteiger charge is 2.27. The lowest BCUT2D eigenvalue weighted by Gasteiger charge is -2.23. The van der Waals surface area contributed by atoms with Crippen LogP contribution in [0, 0.1) is 6.92 Å². The average molecular weight is 570 g/mol. The van der Waals surface area contributed by atoms with Crippen molar-refractivity contribution in [2.24, 2.45) is 0 Å². The third-order valence-electron chi connectivity index (χ3n) is 5.12. The first kappa shape index (κ1) is 25.7. The minimum absolute atomic E-state index is 0.0445. The first-order chi connectivity index (χ1) is 15.6. The molecule has 0 radical (unpaired) electrons. The summed E-state index contributed by atoms with van der Waals surface area (Å²) in [4.78, 5) is 13.1. The zero-order valence-corrected chi connectivity index (χ0v) is 22.0. The van der Waals surface area contributed by atoms with Crippen LogP contribution in [-0.2, 0) is 27.8 Å². The highest BCUT2D eigenvalue weighted by molar-refractivity contribution is 9.10. The fourth-order valence-electron chi connectivity index (χ4n) is 3.36. The summed E-state index contributed by atoms with van der Waals surface area (Å²) >= 11 is 15.4. The number of halogens is 3.